The number of fused-ring (bicyclic) bond motifs is 1. The number of hydrogen-bond acceptors (Lipinski definition) is 6. The third kappa shape index (κ3) is 5.84. The molecule has 5 N–H and O–H groups in total. The van der Waals surface area contributed by atoms with Gasteiger partial charge in [-0.25, -0.2) is 0 Å². The fourth-order valence-corrected chi connectivity index (χ4v) is 4.16. The highest BCUT2D eigenvalue weighted by atomic mass is 16.3. The topological polar surface area (TPSA) is 132 Å². The summed E-state index contributed by atoms with van der Waals surface area (Å²) in [6, 6.07) is 23.7. The zero-order valence-electron chi connectivity index (χ0n) is 20.9. The number of nitrogens with one attached hydrogen (secondary N) is 4. The van der Waals surface area contributed by atoms with E-state index in [2.05, 4.69) is 37.7 Å². The SMILES string of the molecule is C=CC(=O)Nc1ccc(C(=O)Nc2n[nH]c3ccc(-c4cncc(N[C@H](CO)c5ccccc5)c4)cc23)cc1. The van der Waals surface area contributed by atoms with Gasteiger partial charge in [-0.1, -0.05) is 43.0 Å². The molecular weight excluding hydrogens is 492 g/mol. The van der Waals surface area contributed by atoms with Gasteiger partial charge in [0.25, 0.3) is 5.91 Å². The molecule has 0 spiro atoms. The van der Waals surface area contributed by atoms with Gasteiger partial charge in [0, 0.05) is 34.6 Å². The van der Waals surface area contributed by atoms with Crippen molar-refractivity contribution < 1.29 is 14.7 Å². The van der Waals surface area contributed by atoms with E-state index in [9.17, 15) is 14.7 Å². The van der Waals surface area contributed by atoms with Crippen LogP contribution in [0.15, 0.2) is 104 Å². The van der Waals surface area contributed by atoms with E-state index in [0.29, 0.717) is 17.1 Å². The minimum Gasteiger partial charge on any atom is -0.394 e. The van der Waals surface area contributed by atoms with Gasteiger partial charge in [-0.05, 0) is 59.7 Å². The number of carbonyl (C=O) groups is 2. The van der Waals surface area contributed by atoms with E-state index in [4.69, 9.17) is 0 Å². The number of nitrogens with zero attached hydrogens (tertiary/aromatic N) is 2. The number of H-pyrrole nitrogens is 1. The summed E-state index contributed by atoms with van der Waals surface area (Å²) in [7, 11) is 0. The Hall–Kier alpha value is -5.28. The van der Waals surface area contributed by atoms with Crippen molar-refractivity contribution in [3.05, 3.63) is 115 Å². The summed E-state index contributed by atoms with van der Waals surface area (Å²) in [5, 5.41) is 26.7. The van der Waals surface area contributed by atoms with Crippen LogP contribution in [0.2, 0.25) is 0 Å². The molecule has 0 bridgehead atoms. The molecule has 0 aliphatic carbocycles. The largest absolute Gasteiger partial charge is 0.394 e. The van der Waals surface area contributed by atoms with Crippen molar-refractivity contribution >= 4 is 39.9 Å². The van der Waals surface area contributed by atoms with Crippen LogP contribution in [0.5, 0.6) is 0 Å². The first-order chi connectivity index (χ1) is 19.0. The lowest BCUT2D eigenvalue weighted by Crippen LogP contribution is -2.14. The lowest BCUT2D eigenvalue weighted by Gasteiger charge is -2.18. The third-order valence-corrected chi connectivity index (χ3v) is 6.19. The maximum atomic E-state index is 12.9. The van der Waals surface area contributed by atoms with Gasteiger partial charge in [0.2, 0.25) is 5.91 Å². The second-order valence-electron chi connectivity index (χ2n) is 8.81. The van der Waals surface area contributed by atoms with E-state index in [0.717, 1.165) is 33.3 Å². The van der Waals surface area contributed by atoms with Gasteiger partial charge < -0.3 is 21.1 Å². The van der Waals surface area contributed by atoms with Crippen molar-refractivity contribution in [2.75, 3.05) is 22.6 Å². The summed E-state index contributed by atoms with van der Waals surface area (Å²) in [5.74, 6) is -0.265. The quantitative estimate of drug-likeness (QED) is 0.172. The van der Waals surface area contributed by atoms with Crippen LogP contribution in [0.1, 0.15) is 22.0 Å². The summed E-state index contributed by atoms with van der Waals surface area (Å²) in [6.07, 6.45) is 4.65. The van der Waals surface area contributed by atoms with E-state index in [1.54, 1.807) is 36.7 Å². The molecule has 9 heteroatoms. The van der Waals surface area contributed by atoms with Crippen molar-refractivity contribution in [3.63, 3.8) is 0 Å². The lowest BCUT2D eigenvalue weighted by molar-refractivity contribution is -0.111. The van der Waals surface area contributed by atoms with Crippen LogP contribution in [0.3, 0.4) is 0 Å². The molecule has 2 heterocycles. The second kappa shape index (κ2) is 11.4. The highest BCUT2D eigenvalue weighted by Crippen LogP contribution is 2.29. The molecule has 0 saturated heterocycles. The molecule has 2 aromatic heterocycles. The number of benzene rings is 3. The number of pyridine rings is 1. The molecule has 39 heavy (non-hydrogen) atoms. The van der Waals surface area contributed by atoms with Crippen LogP contribution in [0.25, 0.3) is 22.0 Å². The lowest BCUT2D eigenvalue weighted by atomic mass is 10.0. The molecule has 9 nitrogen and oxygen atoms in total. The summed E-state index contributed by atoms with van der Waals surface area (Å²) >= 11 is 0. The first-order valence-electron chi connectivity index (χ1n) is 12.2. The van der Waals surface area contributed by atoms with Crippen molar-refractivity contribution in [1.29, 1.82) is 0 Å². The fourth-order valence-electron chi connectivity index (χ4n) is 4.16. The summed E-state index contributed by atoms with van der Waals surface area (Å²) in [4.78, 5) is 28.7. The van der Waals surface area contributed by atoms with Crippen LogP contribution >= 0.6 is 0 Å². The molecule has 0 radical (unpaired) electrons. The maximum absolute atomic E-state index is 12.9. The Kier molecular flexibility index (Phi) is 7.42. The molecule has 0 aliphatic heterocycles. The smallest absolute Gasteiger partial charge is 0.256 e. The number of hydrogen-bond donors (Lipinski definition) is 5. The van der Waals surface area contributed by atoms with E-state index >= 15 is 0 Å². The van der Waals surface area contributed by atoms with Gasteiger partial charge in [0.15, 0.2) is 5.82 Å². The first-order valence-corrected chi connectivity index (χ1v) is 12.2. The molecule has 1 atom stereocenters. The predicted molar refractivity (Wildman–Crippen MR) is 152 cm³/mol. The summed E-state index contributed by atoms with van der Waals surface area (Å²) in [5.41, 5.74) is 5.23. The Morgan fingerprint density at radius 1 is 0.923 bits per heavy atom. The monoisotopic (exact) mass is 518 g/mol. The van der Waals surface area contributed by atoms with Crippen LogP contribution in [0.4, 0.5) is 17.2 Å². The predicted octanol–water partition coefficient (Wildman–Crippen LogP) is 5.15. The third-order valence-electron chi connectivity index (χ3n) is 6.19. The Labute approximate surface area is 224 Å². The van der Waals surface area contributed by atoms with Crippen LogP contribution in [-0.4, -0.2) is 38.7 Å². The molecule has 0 aliphatic rings. The molecule has 194 valence electrons. The van der Waals surface area contributed by atoms with E-state index < -0.39 is 0 Å². The normalized spacial score (nSPS) is 11.5. The molecule has 0 saturated carbocycles. The minimum absolute atomic E-state index is 0.0650. The number of aromatic nitrogens is 3. The highest BCUT2D eigenvalue weighted by Gasteiger charge is 2.14. The van der Waals surface area contributed by atoms with Gasteiger partial charge in [-0.2, -0.15) is 5.10 Å². The van der Waals surface area contributed by atoms with Gasteiger partial charge in [-0.3, -0.25) is 19.7 Å². The van der Waals surface area contributed by atoms with Crippen LogP contribution in [0, 0.1) is 0 Å². The van der Waals surface area contributed by atoms with Crippen molar-refractivity contribution in [3.8, 4) is 11.1 Å². The number of rotatable bonds is 9. The first kappa shape index (κ1) is 25.4. The van der Waals surface area contributed by atoms with E-state index in [1.807, 2.05) is 54.6 Å². The molecule has 0 fully saturated rings. The van der Waals surface area contributed by atoms with Gasteiger partial charge in [0.05, 0.1) is 23.9 Å². The average molecular weight is 519 g/mol. The van der Waals surface area contributed by atoms with E-state index in [1.165, 1.54) is 6.08 Å². The summed E-state index contributed by atoms with van der Waals surface area (Å²) < 4.78 is 0. The minimum atomic E-state index is -0.334. The number of aromatic amines is 1. The molecule has 2 amide bonds. The standard InChI is InChI=1S/C30H26N6O3/c1-2-28(38)33-23-11-8-20(9-12-23)30(39)34-29-25-15-21(10-13-26(25)35-36-29)22-14-24(17-31-16-22)32-27(18-37)19-6-4-3-5-7-19/h2-17,27,32,37H,1,18H2,(H,33,38)(H2,34,35,36,39)/t27-/m1/s1. The zero-order valence-corrected chi connectivity index (χ0v) is 20.9. The van der Waals surface area contributed by atoms with Crippen molar-refractivity contribution in [1.82, 2.24) is 15.2 Å². The second-order valence-corrected chi connectivity index (χ2v) is 8.81. The average Bonchev–Trinajstić information content (AvgIpc) is 3.38. The zero-order chi connectivity index (χ0) is 27.2. The number of aliphatic hydroxyl groups excluding tert-OH is 1. The number of amides is 2. The maximum Gasteiger partial charge on any atom is 0.256 e. The molecule has 3 aromatic carbocycles. The molecule has 5 aromatic rings. The highest BCUT2D eigenvalue weighted by molar-refractivity contribution is 6.08. The van der Waals surface area contributed by atoms with E-state index in [-0.39, 0.29) is 24.5 Å². The van der Waals surface area contributed by atoms with Gasteiger partial charge >= 0.3 is 0 Å². The van der Waals surface area contributed by atoms with Crippen molar-refractivity contribution in [2.45, 2.75) is 6.04 Å². The Morgan fingerprint density at radius 2 is 1.72 bits per heavy atom. The number of carbonyl (C=O) groups excluding carboxylic acids is 2. The fraction of sp³-hybridized carbons (Fsp3) is 0.0667. The van der Waals surface area contributed by atoms with Gasteiger partial charge in [-0.15, -0.1) is 0 Å². The Balaban J connectivity index is 1.35. The number of aliphatic hydroxyl groups is 1. The van der Waals surface area contributed by atoms with Crippen LogP contribution in [-0.2, 0) is 4.79 Å². The molecule has 0 unspecified atom stereocenters. The summed E-state index contributed by atoms with van der Waals surface area (Å²) in [6.45, 7) is 3.36. The number of anilines is 3. The van der Waals surface area contributed by atoms with Gasteiger partial charge in [0.1, 0.15) is 0 Å². The van der Waals surface area contributed by atoms with Crippen LogP contribution < -0.4 is 16.0 Å². The Morgan fingerprint density at radius 3 is 2.46 bits per heavy atom. The molecule has 5 rings (SSSR count). The Bertz CT molecular complexity index is 1630. The molecular formula is C30H26N6O3. The van der Waals surface area contributed by atoms with Crippen molar-refractivity contribution in [2.24, 2.45) is 0 Å².